The largest absolute Gasteiger partial charge is 0.486 e. The fourth-order valence-corrected chi connectivity index (χ4v) is 2.41. The van der Waals surface area contributed by atoms with Gasteiger partial charge < -0.3 is 24.5 Å². The van der Waals surface area contributed by atoms with E-state index >= 15 is 0 Å². The van der Waals surface area contributed by atoms with E-state index in [2.05, 4.69) is 9.55 Å². The molecule has 0 radical (unpaired) electrons. The van der Waals surface area contributed by atoms with Crippen LogP contribution in [-0.4, -0.2) is 42.5 Å². The van der Waals surface area contributed by atoms with Gasteiger partial charge in [-0.1, -0.05) is 0 Å². The molecule has 1 aliphatic heterocycles. The number of aryl methyl sites for hydroxylation is 1. The number of rotatable bonds is 5. The van der Waals surface area contributed by atoms with Gasteiger partial charge in [-0.3, -0.25) is 0 Å². The highest BCUT2D eigenvalue weighted by Crippen LogP contribution is 2.34. The van der Waals surface area contributed by atoms with E-state index in [0.717, 1.165) is 34.9 Å². The molecule has 6 heteroatoms. The summed E-state index contributed by atoms with van der Waals surface area (Å²) in [6, 6.07) is 3.93. The fourth-order valence-electron chi connectivity index (χ4n) is 2.41. The highest BCUT2D eigenvalue weighted by Gasteiger charge is 2.16. The molecule has 0 saturated heterocycles. The molecule has 0 spiro atoms. The molecule has 1 aromatic heterocycles. The van der Waals surface area contributed by atoms with Crippen molar-refractivity contribution in [1.29, 1.82) is 0 Å². The van der Waals surface area contributed by atoms with E-state index in [1.54, 1.807) is 0 Å². The lowest BCUT2D eigenvalue weighted by atomic mass is 10.2. The van der Waals surface area contributed by atoms with Crippen LogP contribution < -0.4 is 15.2 Å². The Bertz CT molecular complexity index is 609. The molecule has 2 heterocycles. The van der Waals surface area contributed by atoms with E-state index < -0.39 is 0 Å². The molecule has 0 atom stereocenters. The maximum absolute atomic E-state index is 5.62. The molecule has 0 amide bonds. The van der Waals surface area contributed by atoms with Crippen molar-refractivity contribution in [2.75, 3.05) is 33.0 Å². The SMILES string of the molecule is Cc1nc2cc3c(cc2n1CCOCCN)OCCO3. The number of benzene rings is 1. The summed E-state index contributed by atoms with van der Waals surface area (Å²) < 4.78 is 18.8. The molecule has 0 fully saturated rings. The van der Waals surface area contributed by atoms with Crippen LogP contribution in [0.2, 0.25) is 0 Å². The van der Waals surface area contributed by atoms with E-state index in [1.807, 2.05) is 19.1 Å². The minimum Gasteiger partial charge on any atom is -0.486 e. The summed E-state index contributed by atoms with van der Waals surface area (Å²) in [4.78, 5) is 4.57. The monoisotopic (exact) mass is 277 g/mol. The molecule has 2 N–H and O–H groups in total. The Morgan fingerprint density at radius 3 is 2.75 bits per heavy atom. The molecule has 0 unspecified atom stereocenters. The standard InChI is InChI=1S/C14H19N3O3/c1-10-16-11-8-13-14(20-7-6-19-13)9-12(11)17(10)3-5-18-4-2-15/h8-9H,2-7,15H2,1H3. The lowest BCUT2D eigenvalue weighted by Gasteiger charge is -2.18. The predicted octanol–water partition coefficient (Wildman–Crippen LogP) is 1.09. The zero-order valence-electron chi connectivity index (χ0n) is 11.6. The van der Waals surface area contributed by atoms with Crippen molar-refractivity contribution in [3.8, 4) is 11.5 Å². The molecular weight excluding hydrogens is 258 g/mol. The van der Waals surface area contributed by atoms with Gasteiger partial charge in [0.25, 0.3) is 0 Å². The maximum atomic E-state index is 5.62. The zero-order chi connectivity index (χ0) is 13.9. The Morgan fingerprint density at radius 2 is 2.00 bits per heavy atom. The summed E-state index contributed by atoms with van der Waals surface area (Å²) in [5.41, 5.74) is 7.38. The van der Waals surface area contributed by atoms with Gasteiger partial charge >= 0.3 is 0 Å². The molecule has 1 aromatic carbocycles. The molecule has 20 heavy (non-hydrogen) atoms. The summed E-state index contributed by atoms with van der Waals surface area (Å²) in [7, 11) is 0. The minimum atomic E-state index is 0.544. The van der Waals surface area contributed by atoms with Crippen LogP contribution in [0.4, 0.5) is 0 Å². The first-order chi connectivity index (χ1) is 9.79. The molecule has 2 aromatic rings. The number of ether oxygens (including phenoxy) is 3. The van der Waals surface area contributed by atoms with Gasteiger partial charge in [-0.05, 0) is 6.92 Å². The Labute approximate surface area is 117 Å². The molecule has 0 aliphatic carbocycles. The number of nitrogens with two attached hydrogens (primary N) is 1. The molecule has 3 rings (SSSR count). The molecule has 0 bridgehead atoms. The van der Waals surface area contributed by atoms with Crippen molar-refractivity contribution >= 4 is 11.0 Å². The van der Waals surface area contributed by atoms with Gasteiger partial charge in [0.15, 0.2) is 11.5 Å². The second-order valence-corrected chi connectivity index (χ2v) is 4.70. The average molecular weight is 277 g/mol. The van der Waals surface area contributed by atoms with Gasteiger partial charge in [0, 0.05) is 25.2 Å². The van der Waals surface area contributed by atoms with Gasteiger partial charge in [-0.25, -0.2) is 4.98 Å². The first kappa shape index (κ1) is 13.2. The minimum absolute atomic E-state index is 0.544. The summed E-state index contributed by atoms with van der Waals surface area (Å²) in [5.74, 6) is 2.51. The number of hydrogen-bond acceptors (Lipinski definition) is 5. The van der Waals surface area contributed by atoms with Crippen molar-refractivity contribution in [2.24, 2.45) is 5.73 Å². The van der Waals surface area contributed by atoms with Crippen LogP contribution in [0.3, 0.4) is 0 Å². The van der Waals surface area contributed by atoms with Crippen molar-refractivity contribution < 1.29 is 14.2 Å². The van der Waals surface area contributed by atoms with E-state index in [4.69, 9.17) is 19.9 Å². The van der Waals surface area contributed by atoms with Crippen LogP contribution >= 0.6 is 0 Å². The summed E-state index contributed by atoms with van der Waals surface area (Å²) >= 11 is 0. The second-order valence-electron chi connectivity index (χ2n) is 4.70. The summed E-state index contributed by atoms with van der Waals surface area (Å²) in [6.45, 7) is 5.67. The number of nitrogens with zero attached hydrogens (tertiary/aromatic N) is 2. The average Bonchev–Trinajstić information content (AvgIpc) is 2.76. The fraction of sp³-hybridized carbons (Fsp3) is 0.500. The lowest BCUT2D eigenvalue weighted by molar-refractivity contribution is 0.133. The van der Waals surface area contributed by atoms with Gasteiger partial charge in [0.05, 0.1) is 24.2 Å². The summed E-state index contributed by atoms with van der Waals surface area (Å²) in [6.07, 6.45) is 0. The molecule has 108 valence electrons. The first-order valence-corrected chi connectivity index (χ1v) is 6.84. The first-order valence-electron chi connectivity index (χ1n) is 6.84. The van der Waals surface area contributed by atoms with Crippen LogP contribution in [0, 0.1) is 6.92 Å². The predicted molar refractivity (Wildman–Crippen MR) is 75.3 cm³/mol. The Morgan fingerprint density at radius 1 is 1.25 bits per heavy atom. The van der Waals surface area contributed by atoms with E-state index in [9.17, 15) is 0 Å². The quantitative estimate of drug-likeness (QED) is 0.828. The Hall–Kier alpha value is -1.79. The Kier molecular flexibility index (Phi) is 3.75. The third-order valence-corrected chi connectivity index (χ3v) is 3.32. The van der Waals surface area contributed by atoms with Crippen molar-refractivity contribution in [3.63, 3.8) is 0 Å². The smallest absolute Gasteiger partial charge is 0.163 e. The molecule has 1 aliphatic rings. The maximum Gasteiger partial charge on any atom is 0.163 e. The van der Waals surface area contributed by atoms with Crippen molar-refractivity contribution in [2.45, 2.75) is 13.5 Å². The lowest BCUT2D eigenvalue weighted by Crippen LogP contribution is -2.15. The van der Waals surface area contributed by atoms with E-state index in [1.165, 1.54) is 0 Å². The van der Waals surface area contributed by atoms with Gasteiger partial charge in [0.1, 0.15) is 19.0 Å². The van der Waals surface area contributed by atoms with Gasteiger partial charge in [-0.2, -0.15) is 0 Å². The number of hydrogen-bond donors (Lipinski definition) is 1. The third kappa shape index (κ3) is 2.44. The van der Waals surface area contributed by atoms with Crippen LogP contribution in [0.1, 0.15) is 5.82 Å². The van der Waals surface area contributed by atoms with Crippen LogP contribution in [0.15, 0.2) is 12.1 Å². The second kappa shape index (κ2) is 5.68. The zero-order valence-corrected chi connectivity index (χ0v) is 11.6. The number of aromatic nitrogens is 2. The van der Waals surface area contributed by atoms with E-state index in [0.29, 0.717) is 33.0 Å². The molecule has 0 saturated carbocycles. The van der Waals surface area contributed by atoms with Crippen LogP contribution in [0.5, 0.6) is 11.5 Å². The number of imidazole rings is 1. The normalized spacial score (nSPS) is 13.9. The van der Waals surface area contributed by atoms with Crippen molar-refractivity contribution in [3.05, 3.63) is 18.0 Å². The Balaban J connectivity index is 1.89. The third-order valence-electron chi connectivity index (χ3n) is 3.32. The molecular formula is C14H19N3O3. The number of fused-ring (bicyclic) bond motifs is 2. The highest BCUT2D eigenvalue weighted by atomic mass is 16.6. The van der Waals surface area contributed by atoms with Crippen LogP contribution in [-0.2, 0) is 11.3 Å². The van der Waals surface area contributed by atoms with Gasteiger partial charge in [0.2, 0.25) is 0 Å². The van der Waals surface area contributed by atoms with Crippen molar-refractivity contribution in [1.82, 2.24) is 9.55 Å². The van der Waals surface area contributed by atoms with Gasteiger partial charge in [-0.15, -0.1) is 0 Å². The summed E-state index contributed by atoms with van der Waals surface area (Å²) in [5, 5.41) is 0. The molecule has 6 nitrogen and oxygen atoms in total. The topological polar surface area (TPSA) is 71.5 Å². The van der Waals surface area contributed by atoms with Crippen LogP contribution in [0.25, 0.3) is 11.0 Å². The van der Waals surface area contributed by atoms with E-state index in [-0.39, 0.29) is 0 Å². The highest BCUT2D eigenvalue weighted by molar-refractivity contribution is 5.80.